The second-order valence-corrected chi connectivity index (χ2v) is 5.93. The summed E-state index contributed by atoms with van der Waals surface area (Å²) in [6.07, 6.45) is 1.54. The van der Waals surface area contributed by atoms with E-state index in [1.165, 1.54) is 0 Å². The predicted octanol–water partition coefficient (Wildman–Crippen LogP) is 2.81. The van der Waals surface area contributed by atoms with Crippen LogP contribution in [0.5, 0.6) is 0 Å². The molecule has 1 fully saturated rings. The monoisotopic (exact) mass is 318 g/mol. The molecule has 114 valence electrons. The number of hydrogen-bond acceptors (Lipinski definition) is 6. The van der Waals surface area contributed by atoms with Gasteiger partial charge in [-0.3, -0.25) is 4.79 Å². The molecular weight excluding hydrogens is 304 g/mol. The van der Waals surface area contributed by atoms with Crippen molar-refractivity contribution >= 4 is 17.2 Å². The van der Waals surface area contributed by atoms with E-state index >= 15 is 0 Å². The SMILES string of the molecule is [N-]=[N+]=NCC(=O)N1CCC(c2nc(-c3cccs3)no2)CC1. The average Bonchev–Trinajstić information content (AvgIpc) is 3.23. The van der Waals surface area contributed by atoms with Gasteiger partial charge in [-0.15, -0.1) is 11.3 Å². The molecule has 22 heavy (non-hydrogen) atoms. The number of aromatic nitrogens is 2. The van der Waals surface area contributed by atoms with Crippen LogP contribution in [0, 0.1) is 0 Å². The van der Waals surface area contributed by atoms with E-state index in [1.54, 1.807) is 16.2 Å². The first-order valence-corrected chi connectivity index (χ1v) is 7.82. The molecular formula is C13H14N6O2S. The van der Waals surface area contributed by atoms with Crippen LogP contribution >= 0.6 is 11.3 Å². The number of rotatable bonds is 4. The second-order valence-electron chi connectivity index (χ2n) is 4.98. The van der Waals surface area contributed by atoms with Crippen molar-refractivity contribution in [3.63, 3.8) is 0 Å². The molecule has 0 aliphatic carbocycles. The van der Waals surface area contributed by atoms with Crippen LogP contribution in [0.2, 0.25) is 0 Å². The number of carbonyl (C=O) groups excluding carboxylic acids is 1. The van der Waals surface area contributed by atoms with E-state index in [2.05, 4.69) is 20.2 Å². The van der Waals surface area contributed by atoms with Gasteiger partial charge < -0.3 is 9.42 Å². The molecule has 0 radical (unpaired) electrons. The molecule has 2 aromatic rings. The molecule has 1 saturated heterocycles. The summed E-state index contributed by atoms with van der Waals surface area (Å²) in [6.45, 7) is 1.10. The van der Waals surface area contributed by atoms with Gasteiger partial charge in [0.1, 0.15) is 6.54 Å². The molecule has 0 aromatic carbocycles. The van der Waals surface area contributed by atoms with Gasteiger partial charge in [-0.1, -0.05) is 16.3 Å². The van der Waals surface area contributed by atoms with E-state index in [-0.39, 0.29) is 18.4 Å². The fraction of sp³-hybridized carbons (Fsp3) is 0.462. The summed E-state index contributed by atoms with van der Waals surface area (Å²) in [7, 11) is 0. The number of carbonyl (C=O) groups is 1. The highest BCUT2D eigenvalue weighted by Crippen LogP contribution is 2.29. The maximum atomic E-state index is 11.8. The van der Waals surface area contributed by atoms with Crippen molar-refractivity contribution in [2.24, 2.45) is 5.11 Å². The third-order valence-corrected chi connectivity index (χ3v) is 4.52. The maximum absolute atomic E-state index is 11.8. The zero-order chi connectivity index (χ0) is 15.4. The number of likely N-dealkylation sites (tertiary alicyclic amines) is 1. The molecule has 8 nitrogen and oxygen atoms in total. The lowest BCUT2D eigenvalue weighted by Gasteiger charge is -2.30. The molecule has 1 amide bonds. The zero-order valence-corrected chi connectivity index (χ0v) is 12.6. The van der Waals surface area contributed by atoms with Gasteiger partial charge in [0.25, 0.3) is 0 Å². The van der Waals surface area contributed by atoms with Crippen molar-refractivity contribution in [2.45, 2.75) is 18.8 Å². The highest BCUT2D eigenvalue weighted by molar-refractivity contribution is 7.13. The minimum absolute atomic E-state index is 0.121. The largest absolute Gasteiger partial charge is 0.343 e. The van der Waals surface area contributed by atoms with Crippen LogP contribution in [0.25, 0.3) is 21.1 Å². The normalized spacial score (nSPS) is 15.5. The summed E-state index contributed by atoms with van der Waals surface area (Å²) in [4.78, 5) is 21.5. The summed E-state index contributed by atoms with van der Waals surface area (Å²) >= 11 is 1.57. The molecule has 0 saturated carbocycles. The lowest BCUT2D eigenvalue weighted by Crippen LogP contribution is -2.39. The lowest BCUT2D eigenvalue weighted by atomic mass is 9.97. The van der Waals surface area contributed by atoms with Crippen LogP contribution in [-0.4, -0.2) is 40.6 Å². The number of thiophene rings is 1. The highest BCUT2D eigenvalue weighted by Gasteiger charge is 2.27. The fourth-order valence-electron chi connectivity index (χ4n) is 2.47. The highest BCUT2D eigenvalue weighted by atomic mass is 32.1. The summed E-state index contributed by atoms with van der Waals surface area (Å²) < 4.78 is 5.36. The summed E-state index contributed by atoms with van der Waals surface area (Å²) in [6, 6.07) is 3.90. The van der Waals surface area contributed by atoms with Gasteiger partial charge in [0, 0.05) is 23.9 Å². The molecule has 1 aliphatic heterocycles. The number of azide groups is 1. The second kappa shape index (κ2) is 6.59. The molecule has 9 heteroatoms. The van der Waals surface area contributed by atoms with E-state index < -0.39 is 0 Å². The van der Waals surface area contributed by atoms with Crippen LogP contribution < -0.4 is 0 Å². The first-order chi connectivity index (χ1) is 10.8. The Bertz CT molecular complexity index is 683. The summed E-state index contributed by atoms with van der Waals surface area (Å²) in [5.41, 5.74) is 8.25. The first-order valence-electron chi connectivity index (χ1n) is 6.94. The minimum Gasteiger partial charge on any atom is -0.343 e. The third-order valence-electron chi connectivity index (χ3n) is 3.65. The number of hydrogen-bond donors (Lipinski definition) is 0. The topological polar surface area (TPSA) is 108 Å². The number of piperidine rings is 1. The van der Waals surface area contributed by atoms with Gasteiger partial charge in [-0.2, -0.15) is 4.98 Å². The van der Waals surface area contributed by atoms with E-state index in [1.807, 2.05) is 17.5 Å². The average molecular weight is 318 g/mol. The van der Waals surface area contributed by atoms with E-state index in [9.17, 15) is 4.79 Å². The van der Waals surface area contributed by atoms with Crippen LogP contribution in [0.4, 0.5) is 0 Å². The molecule has 0 atom stereocenters. The van der Waals surface area contributed by atoms with Crippen molar-refractivity contribution in [1.29, 1.82) is 0 Å². The molecule has 1 aliphatic rings. The Hall–Kier alpha value is -2.38. The van der Waals surface area contributed by atoms with E-state index in [0.717, 1.165) is 17.7 Å². The summed E-state index contributed by atoms with van der Waals surface area (Å²) in [5, 5.41) is 9.29. The zero-order valence-electron chi connectivity index (χ0n) is 11.8. The van der Waals surface area contributed by atoms with Crippen LogP contribution in [0.3, 0.4) is 0 Å². The maximum Gasteiger partial charge on any atom is 0.230 e. The van der Waals surface area contributed by atoms with Gasteiger partial charge in [0.05, 0.1) is 4.88 Å². The van der Waals surface area contributed by atoms with Crippen molar-refractivity contribution in [1.82, 2.24) is 15.0 Å². The minimum atomic E-state index is -0.138. The van der Waals surface area contributed by atoms with Crippen LogP contribution in [0.1, 0.15) is 24.7 Å². The Labute approximate surface area is 130 Å². The van der Waals surface area contributed by atoms with E-state index in [4.69, 9.17) is 10.1 Å². The molecule has 0 N–H and O–H groups in total. The van der Waals surface area contributed by atoms with Crippen LogP contribution in [0.15, 0.2) is 27.2 Å². The first kappa shape index (κ1) is 14.6. The smallest absolute Gasteiger partial charge is 0.230 e. The predicted molar refractivity (Wildman–Crippen MR) is 80.2 cm³/mol. The molecule has 2 aromatic heterocycles. The molecule has 0 bridgehead atoms. The Morgan fingerprint density at radius 1 is 1.55 bits per heavy atom. The fourth-order valence-corrected chi connectivity index (χ4v) is 3.12. The van der Waals surface area contributed by atoms with Crippen molar-refractivity contribution in [3.8, 4) is 10.7 Å². The molecule has 0 unspecified atom stereocenters. The summed E-state index contributed by atoms with van der Waals surface area (Å²) in [5.74, 6) is 1.28. The number of nitrogens with zero attached hydrogens (tertiary/aromatic N) is 6. The van der Waals surface area contributed by atoms with Gasteiger partial charge in [0.2, 0.25) is 17.6 Å². The van der Waals surface area contributed by atoms with Gasteiger partial charge >= 0.3 is 0 Å². The van der Waals surface area contributed by atoms with Crippen LogP contribution in [-0.2, 0) is 4.79 Å². The van der Waals surface area contributed by atoms with Crippen molar-refractivity contribution in [2.75, 3.05) is 19.6 Å². The third kappa shape index (κ3) is 3.10. The Kier molecular flexibility index (Phi) is 4.36. The quantitative estimate of drug-likeness (QED) is 0.490. The van der Waals surface area contributed by atoms with Crippen molar-refractivity contribution in [3.05, 3.63) is 33.8 Å². The Balaban J connectivity index is 1.60. The Morgan fingerprint density at radius 2 is 2.36 bits per heavy atom. The number of amides is 1. The lowest BCUT2D eigenvalue weighted by molar-refractivity contribution is -0.130. The Morgan fingerprint density at radius 3 is 3.05 bits per heavy atom. The molecule has 3 heterocycles. The van der Waals surface area contributed by atoms with Gasteiger partial charge in [-0.25, -0.2) is 0 Å². The van der Waals surface area contributed by atoms with Crippen molar-refractivity contribution < 1.29 is 9.32 Å². The standard InChI is InChI=1S/C13H14N6O2S/c14-18-15-8-11(20)19-5-3-9(4-6-19)13-16-12(17-21-13)10-2-1-7-22-10/h1-2,7,9H,3-6,8H2. The van der Waals surface area contributed by atoms with E-state index in [0.29, 0.717) is 24.8 Å². The van der Waals surface area contributed by atoms with Gasteiger partial charge in [0.15, 0.2) is 0 Å². The van der Waals surface area contributed by atoms with Gasteiger partial charge in [-0.05, 0) is 29.8 Å². The molecule has 0 spiro atoms. The molecule has 3 rings (SSSR count).